The van der Waals surface area contributed by atoms with E-state index in [-0.39, 0.29) is 32.8 Å². The average molecular weight is 556 g/mol. The van der Waals surface area contributed by atoms with Gasteiger partial charge in [0, 0.05) is 24.3 Å². The number of benzene rings is 1. The summed E-state index contributed by atoms with van der Waals surface area (Å²) < 4.78 is 1.62. The number of rotatable bonds is 4. The zero-order valence-electron chi connectivity index (χ0n) is 17.5. The van der Waals surface area contributed by atoms with Gasteiger partial charge in [-0.1, -0.05) is 23.2 Å². The summed E-state index contributed by atoms with van der Waals surface area (Å²) >= 11 is 15.7. The van der Waals surface area contributed by atoms with Crippen LogP contribution in [-0.4, -0.2) is 49.8 Å². The first-order valence-electron chi connectivity index (χ1n) is 9.26. The fourth-order valence-corrected chi connectivity index (χ4v) is 3.79. The number of carboxylic acid groups (broad SMARTS) is 1. The van der Waals surface area contributed by atoms with Crippen molar-refractivity contribution in [3.8, 4) is 5.82 Å². The summed E-state index contributed by atoms with van der Waals surface area (Å²) in [4.78, 5) is 41.3. The molecule has 172 valence electrons. The first-order chi connectivity index (χ1) is 15.5. The smallest absolute Gasteiger partial charge is 0.423 e. The molecule has 3 rings (SSSR count). The third kappa shape index (κ3) is 5.10. The van der Waals surface area contributed by atoms with Crippen LogP contribution in [-0.2, 0) is 0 Å². The number of hydrogen-bond donors (Lipinski definition) is 3. The monoisotopic (exact) mass is 554 g/mol. The highest BCUT2D eigenvalue weighted by molar-refractivity contribution is 9.10. The molecule has 0 aliphatic rings. The van der Waals surface area contributed by atoms with Crippen molar-refractivity contribution in [1.29, 1.82) is 0 Å². The van der Waals surface area contributed by atoms with Crippen LogP contribution in [0.2, 0.25) is 10.0 Å². The Kier molecular flexibility index (Phi) is 7.25. The van der Waals surface area contributed by atoms with Crippen molar-refractivity contribution >= 4 is 62.7 Å². The van der Waals surface area contributed by atoms with Gasteiger partial charge in [-0.2, -0.15) is 5.10 Å². The Morgan fingerprint density at radius 1 is 1.15 bits per heavy atom. The number of hydrogen-bond acceptors (Lipinski definition) is 5. The maximum absolute atomic E-state index is 13.3. The van der Waals surface area contributed by atoms with Gasteiger partial charge in [0.2, 0.25) is 0 Å². The molecule has 0 fully saturated rings. The SMILES string of the molecule is Cc1c(Cl)cc(C(=O)N(C)NC(=O)O)c(NC(=O)c2cc(Br)nn2-c2ncccc2Cl)c1C. The van der Waals surface area contributed by atoms with E-state index in [1.165, 1.54) is 30.1 Å². The standard InChI is InChI=1S/C20H17BrCl2N6O4/c1-9-10(2)16(11(7-13(9)23)19(31)28(3)27-20(32)33)25-18(30)14-8-15(21)26-29(14)17-12(22)5-4-6-24-17/h4-8,27H,1-3H3,(H,25,30)(H,32,33). The number of anilines is 1. The van der Waals surface area contributed by atoms with Gasteiger partial charge in [-0.25, -0.2) is 19.9 Å². The van der Waals surface area contributed by atoms with Crippen LogP contribution in [0.4, 0.5) is 10.5 Å². The van der Waals surface area contributed by atoms with E-state index in [1.807, 2.05) is 5.43 Å². The lowest BCUT2D eigenvalue weighted by Crippen LogP contribution is -2.43. The molecule has 2 heterocycles. The number of carbonyl (C=O) groups excluding carboxylic acids is 2. The van der Waals surface area contributed by atoms with Gasteiger partial charge in [-0.05, 0) is 59.1 Å². The summed E-state index contributed by atoms with van der Waals surface area (Å²) in [6.07, 6.45) is 0.0834. The number of nitrogens with one attached hydrogen (secondary N) is 2. The van der Waals surface area contributed by atoms with Gasteiger partial charge in [0.25, 0.3) is 11.8 Å². The molecule has 0 spiro atoms. The maximum Gasteiger partial charge on any atom is 0.423 e. The van der Waals surface area contributed by atoms with Crippen molar-refractivity contribution in [1.82, 2.24) is 25.2 Å². The second-order valence-corrected chi connectivity index (χ2v) is 8.47. The molecular weight excluding hydrogens is 539 g/mol. The molecule has 1 aromatic carbocycles. The van der Waals surface area contributed by atoms with E-state index in [1.54, 1.807) is 26.0 Å². The van der Waals surface area contributed by atoms with E-state index < -0.39 is 17.9 Å². The lowest BCUT2D eigenvalue weighted by atomic mass is 10.0. The normalized spacial score (nSPS) is 10.6. The zero-order chi connectivity index (χ0) is 24.4. The van der Waals surface area contributed by atoms with Gasteiger partial charge < -0.3 is 10.4 Å². The van der Waals surface area contributed by atoms with E-state index in [0.29, 0.717) is 15.7 Å². The van der Waals surface area contributed by atoms with Crippen molar-refractivity contribution in [3.63, 3.8) is 0 Å². The molecule has 2 aromatic heterocycles. The lowest BCUT2D eigenvalue weighted by molar-refractivity contribution is 0.0706. The van der Waals surface area contributed by atoms with Gasteiger partial charge in [0.15, 0.2) is 5.82 Å². The fraction of sp³-hybridized carbons (Fsp3) is 0.150. The molecule has 13 heteroatoms. The van der Waals surface area contributed by atoms with E-state index in [9.17, 15) is 14.4 Å². The Morgan fingerprint density at radius 3 is 2.48 bits per heavy atom. The molecule has 0 atom stereocenters. The highest BCUT2D eigenvalue weighted by atomic mass is 79.9. The van der Waals surface area contributed by atoms with Gasteiger partial charge in [-0.15, -0.1) is 0 Å². The average Bonchev–Trinajstić information content (AvgIpc) is 3.14. The highest BCUT2D eigenvalue weighted by Gasteiger charge is 2.25. The minimum atomic E-state index is -1.42. The Hall–Kier alpha value is -3.15. The van der Waals surface area contributed by atoms with E-state index >= 15 is 0 Å². The topological polar surface area (TPSA) is 129 Å². The summed E-state index contributed by atoms with van der Waals surface area (Å²) in [6.45, 7) is 3.41. The quantitative estimate of drug-likeness (QED) is 0.407. The molecule has 0 saturated carbocycles. The molecule has 33 heavy (non-hydrogen) atoms. The van der Waals surface area contributed by atoms with Crippen molar-refractivity contribution in [2.45, 2.75) is 13.8 Å². The van der Waals surface area contributed by atoms with Crippen molar-refractivity contribution in [2.75, 3.05) is 12.4 Å². The second-order valence-electron chi connectivity index (χ2n) is 6.84. The number of aromatic nitrogens is 3. The van der Waals surface area contributed by atoms with Crippen LogP contribution in [0.5, 0.6) is 0 Å². The summed E-state index contributed by atoms with van der Waals surface area (Å²) in [7, 11) is 1.24. The zero-order valence-corrected chi connectivity index (χ0v) is 20.6. The number of halogens is 3. The summed E-state index contributed by atoms with van der Waals surface area (Å²) in [6, 6.07) is 6.09. The summed E-state index contributed by atoms with van der Waals surface area (Å²) in [5.74, 6) is -1.09. The van der Waals surface area contributed by atoms with Crippen LogP contribution in [0.15, 0.2) is 35.1 Å². The van der Waals surface area contributed by atoms with Gasteiger partial charge in [0.05, 0.1) is 16.3 Å². The summed E-state index contributed by atoms with van der Waals surface area (Å²) in [5.41, 5.74) is 3.37. The molecule has 3 N–H and O–H groups in total. The van der Waals surface area contributed by atoms with Crippen LogP contribution in [0.25, 0.3) is 5.82 Å². The lowest BCUT2D eigenvalue weighted by Gasteiger charge is -2.21. The number of carbonyl (C=O) groups is 3. The van der Waals surface area contributed by atoms with Gasteiger partial charge >= 0.3 is 6.09 Å². The predicted molar refractivity (Wildman–Crippen MR) is 126 cm³/mol. The largest absolute Gasteiger partial charge is 0.464 e. The molecule has 3 aromatic rings. The van der Waals surface area contributed by atoms with Crippen molar-refractivity contribution < 1.29 is 19.5 Å². The first kappa shape index (κ1) is 24.5. The number of amides is 3. The fourth-order valence-electron chi connectivity index (χ4n) is 2.97. The molecular formula is C20H17BrCl2N6O4. The third-order valence-corrected chi connectivity index (χ3v) is 5.80. The molecule has 0 saturated heterocycles. The van der Waals surface area contributed by atoms with E-state index in [2.05, 4.69) is 31.3 Å². The molecule has 0 aliphatic carbocycles. The minimum Gasteiger partial charge on any atom is -0.464 e. The van der Waals surface area contributed by atoms with Crippen molar-refractivity contribution in [2.24, 2.45) is 0 Å². The number of nitrogens with zero attached hydrogens (tertiary/aromatic N) is 4. The summed E-state index contributed by atoms with van der Waals surface area (Å²) in [5, 5.41) is 17.2. The van der Waals surface area contributed by atoms with Crippen LogP contribution in [0.3, 0.4) is 0 Å². The molecule has 0 bridgehead atoms. The third-order valence-electron chi connectivity index (χ3n) is 4.72. The van der Waals surface area contributed by atoms with Gasteiger partial charge in [-0.3, -0.25) is 14.6 Å². The molecule has 10 nitrogen and oxygen atoms in total. The Bertz CT molecular complexity index is 1280. The van der Waals surface area contributed by atoms with Gasteiger partial charge in [0.1, 0.15) is 10.3 Å². The molecule has 0 aliphatic heterocycles. The molecule has 0 radical (unpaired) electrons. The number of pyridine rings is 1. The Labute approximate surface area is 206 Å². The van der Waals surface area contributed by atoms with Crippen LogP contribution in [0, 0.1) is 13.8 Å². The van der Waals surface area contributed by atoms with Crippen molar-refractivity contribution in [3.05, 3.63) is 67.5 Å². The van der Waals surface area contributed by atoms with E-state index in [4.69, 9.17) is 28.3 Å². The van der Waals surface area contributed by atoms with Crippen LogP contribution < -0.4 is 10.7 Å². The first-order valence-corrected chi connectivity index (χ1v) is 10.8. The van der Waals surface area contributed by atoms with Crippen LogP contribution >= 0.6 is 39.1 Å². The Morgan fingerprint density at radius 2 is 1.85 bits per heavy atom. The van der Waals surface area contributed by atoms with Crippen LogP contribution in [0.1, 0.15) is 32.0 Å². The predicted octanol–water partition coefficient (Wildman–Crippen LogP) is 4.46. The van der Waals surface area contributed by atoms with E-state index in [0.717, 1.165) is 5.01 Å². The molecule has 3 amide bonds. The second kappa shape index (κ2) is 9.77. The minimum absolute atomic E-state index is 0.00583. The Balaban J connectivity index is 2.07. The molecule has 0 unspecified atom stereocenters. The maximum atomic E-state index is 13.3. The highest BCUT2D eigenvalue weighted by Crippen LogP contribution is 2.31. The number of hydrazine groups is 1.